The van der Waals surface area contributed by atoms with Crippen molar-refractivity contribution in [3.05, 3.63) is 59.4 Å². The van der Waals surface area contributed by atoms with Gasteiger partial charge in [-0.2, -0.15) is 0 Å². The van der Waals surface area contributed by atoms with Gasteiger partial charge in [-0.05, 0) is 35.9 Å². The molecular weight excluding hydrogens is 311 g/mol. The molecule has 5 nitrogen and oxygen atoms in total. The van der Waals surface area contributed by atoms with E-state index >= 15 is 0 Å². The predicted molar refractivity (Wildman–Crippen MR) is 90.2 cm³/mol. The van der Waals surface area contributed by atoms with Crippen molar-refractivity contribution in [2.45, 2.75) is 6.54 Å². The van der Waals surface area contributed by atoms with Crippen molar-refractivity contribution in [1.82, 2.24) is 0 Å². The van der Waals surface area contributed by atoms with E-state index in [9.17, 15) is 9.18 Å². The minimum absolute atomic E-state index is 0.249. The number of nitrogens with one attached hydrogen (secondary N) is 1. The molecular formula is C18H19FN2O3. The Balaban J connectivity index is 1.68. The summed E-state index contributed by atoms with van der Waals surface area (Å²) in [5.41, 5.74) is 2.71. The van der Waals surface area contributed by atoms with Gasteiger partial charge in [0.05, 0.1) is 18.8 Å². The second-order valence-electron chi connectivity index (χ2n) is 5.65. The number of hydrogen-bond acceptors (Lipinski definition) is 4. The number of anilines is 2. The van der Waals surface area contributed by atoms with Gasteiger partial charge in [-0.3, -0.25) is 0 Å². The van der Waals surface area contributed by atoms with Gasteiger partial charge in [0.15, 0.2) is 0 Å². The van der Waals surface area contributed by atoms with Crippen molar-refractivity contribution in [2.75, 3.05) is 36.5 Å². The second-order valence-corrected chi connectivity index (χ2v) is 5.65. The Hall–Kier alpha value is -2.60. The van der Waals surface area contributed by atoms with Gasteiger partial charge < -0.3 is 20.1 Å². The molecule has 2 aromatic rings. The Labute approximate surface area is 139 Å². The Bertz CT molecular complexity index is 713. The number of nitrogens with zero attached hydrogens (tertiary/aromatic N) is 1. The average Bonchev–Trinajstić information content (AvgIpc) is 2.60. The highest BCUT2D eigenvalue weighted by Gasteiger charge is 2.13. The molecule has 0 bridgehead atoms. The van der Waals surface area contributed by atoms with E-state index in [1.54, 1.807) is 24.3 Å². The number of carbonyl (C=O) groups is 1. The first-order chi connectivity index (χ1) is 11.6. The highest BCUT2D eigenvalue weighted by Crippen LogP contribution is 2.23. The van der Waals surface area contributed by atoms with Crippen LogP contribution in [0, 0.1) is 5.82 Å². The molecule has 0 aromatic heterocycles. The maximum absolute atomic E-state index is 13.9. The lowest BCUT2D eigenvalue weighted by molar-refractivity contribution is 0.0697. The van der Waals surface area contributed by atoms with Crippen LogP contribution in [0.5, 0.6) is 0 Å². The number of ether oxygens (including phenoxy) is 1. The molecule has 0 amide bonds. The SMILES string of the molecule is O=C(O)c1ccc(CNc2cc(F)cc(N3CCOCC3)c2)cc1. The molecule has 2 N–H and O–H groups in total. The number of morpholine rings is 1. The van der Waals surface area contributed by atoms with Gasteiger partial charge in [-0.15, -0.1) is 0 Å². The summed E-state index contributed by atoms with van der Waals surface area (Å²) in [5.74, 6) is -1.24. The summed E-state index contributed by atoms with van der Waals surface area (Å²) < 4.78 is 19.2. The first-order valence-corrected chi connectivity index (χ1v) is 7.81. The van der Waals surface area contributed by atoms with E-state index < -0.39 is 5.97 Å². The number of benzene rings is 2. The molecule has 1 heterocycles. The molecule has 6 heteroatoms. The van der Waals surface area contributed by atoms with Crippen LogP contribution in [0.3, 0.4) is 0 Å². The summed E-state index contributed by atoms with van der Waals surface area (Å²) in [5, 5.41) is 12.1. The summed E-state index contributed by atoms with van der Waals surface area (Å²) in [7, 11) is 0. The third-order valence-corrected chi connectivity index (χ3v) is 3.96. The average molecular weight is 330 g/mol. The molecule has 1 fully saturated rings. The van der Waals surface area contributed by atoms with Crippen molar-refractivity contribution in [3.63, 3.8) is 0 Å². The van der Waals surface area contributed by atoms with Crippen molar-refractivity contribution in [3.8, 4) is 0 Å². The van der Waals surface area contributed by atoms with Gasteiger partial charge in [0.1, 0.15) is 5.82 Å². The van der Waals surface area contributed by atoms with Gasteiger partial charge in [0.25, 0.3) is 0 Å². The molecule has 1 aliphatic heterocycles. The standard InChI is InChI=1S/C18H19FN2O3/c19-15-9-16(11-17(10-15)21-5-7-24-8-6-21)20-12-13-1-3-14(4-2-13)18(22)23/h1-4,9-11,20H,5-8,12H2,(H,22,23). The van der Waals surface area contributed by atoms with Crippen LogP contribution in [-0.2, 0) is 11.3 Å². The summed E-state index contributed by atoms with van der Waals surface area (Å²) in [4.78, 5) is 12.9. The highest BCUT2D eigenvalue weighted by molar-refractivity contribution is 5.87. The lowest BCUT2D eigenvalue weighted by Crippen LogP contribution is -2.36. The minimum atomic E-state index is -0.949. The van der Waals surface area contributed by atoms with Crippen molar-refractivity contribution in [1.29, 1.82) is 0 Å². The van der Waals surface area contributed by atoms with Crippen LogP contribution in [0.1, 0.15) is 15.9 Å². The molecule has 1 aliphatic rings. The summed E-state index contributed by atoms with van der Waals surface area (Å²) in [6, 6.07) is 11.5. The van der Waals surface area contributed by atoms with Crippen molar-refractivity contribution in [2.24, 2.45) is 0 Å². The zero-order valence-corrected chi connectivity index (χ0v) is 13.2. The maximum atomic E-state index is 13.9. The number of carboxylic acids is 1. The summed E-state index contributed by atoms with van der Waals surface area (Å²) in [6.45, 7) is 3.29. The first-order valence-electron chi connectivity index (χ1n) is 7.81. The van der Waals surface area contributed by atoms with Crippen molar-refractivity contribution < 1.29 is 19.0 Å². The fourth-order valence-corrected chi connectivity index (χ4v) is 2.65. The molecule has 1 saturated heterocycles. The fraction of sp³-hybridized carbons (Fsp3) is 0.278. The predicted octanol–water partition coefficient (Wildman–Crippen LogP) is 2.97. The van der Waals surface area contributed by atoms with E-state index in [2.05, 4.69) is 10.2 Å². The van der Waals surface area contributed by atoms with Crippen LogP contribution in [0.2, 0.25) is 0 Å². The number of rotatable bonds is 5. The van der Waals surface area contributed by atoms with Gasteiger partial charge in [-0.1, -0.05) is 12.1 Å². The van der Waals surface area contributed by atoms with Crippen LogP contribution in [-0.4, -0.2) is 37.4 Å². The number of carboxylic acid groups (broad SMARTS) is 1. The molecule has 24 heavy (non-hydrogen) atoms. The van der Waals surface area contributed by atoms with E-state index in [1.807, 2.05) is 6.07 Å². The smallest absolute Gasteiger partial charge is 0.335 e. The van der Waals surface area contributed by atoms with Gasteiger partial charge in [0.2, 0.25) is 0 Å². The van der Waals surface area contributed by atoms with E-state index in [1.165, 1.54) is 12.1 Å². The summed E-state index contributed by atoms with van der Waals surface area (Å²) >= 11 is 0. The monoisotopic (exact) mass is 330 g/mol. The fourth-order valence-electron chi connectivity index (χ4n) is 2.65. The Morgan fingerprint density at radius 2 is 1.88 bits per heavy atom. The number of halogens is 1. The second kappa shape index (κ2) is 7.31. The van der Waals surface area contributed by atoms with Crippen molar-refractivity contribution >= 4 is 17.3 Å². The van der Waals surface area contributed by atoms with Crippen LogP contribution < -0.4 is 10.2 Å². The lowest BCUT2D eigenvalue weighted by atomic mass is 10.1. The highest BCUT2D eigenvalue weighted by atomic mass is 19.1. The normalized spacial score (nSPS) is 14.5. The molecule has 0 aliphatic carbocycles. The summed E-state index contributed by atoms with van der Waals surface area (Å²) in [6.07, 6.45) is 0. The lowest BCUT2D eigenvalue weighted by Gasteiger charge is -2.29. The topological polar surface area (TPSA) is 61.8 Å². The van der Waals surface area contributed by atoms with Gasteiger partial charge in [0, 0.05) is 31.0 Å². The van der Waals surface area contributed by atoms with Crippen LogP contribution in [0.25, 0.3) is 0 Å². The molecule has 0 spiro atoms. The van der Waals surface area contributed by atoms with Gasteiger partial charge >= 0.3 is 5.97 Å². The first kappa shape index (κ1) is 16.3. The molecule has 3 rings (SSSR count). The third kappa shape index (κ3) is 4.02. The Morgan fingerprint density at radius 1 is 1.17 bits per heavy atom. The Kier molecular flexibility index (Phi) is 4.96. The maximum Gasteiger partial charge on any atom is 0.335 e. The van der Waals surface area contributed by atoms with E-state index in [0.717, 1.165) is 24.3 Å². The molecule has 126 valence electrons. The van der Waals surface area contributed by atoms with Gasteiger partial charge in [-0.25, -0.2) is 9.18 Å². The molecule has 0 saturated carbocycles. The zero-order chi connectivity index (χ0) is 16.9. The molecule has 0 unspecified atom stereocenters. The number of hydrogen-bond donors (Lipinski definition) is 2. The van der Waals surface area contributed by atoms with Crippen LogP contribution in [0.15, 0.2) is 42.5 Å². The number of aromatic carboxylic acids is 1. The van der Waals surface area contributed by atoms with Crippen LogP contribution >= 0.6 is 0 Å². The molecule has 0 atom stereocenters. The Morgan fingerprint density at radius 3 is 2.54 bits per heavy atom. The molecule has 2 aromatic carbocycles. The van der Waals surface area contributed by atoms with Crippen LogP contribution in [0.4, 0.5) is 15.8 Å². The molecule has 0 radical (unpaired) electrons. The van der Waals surface area contributed by atoms with E-state index in [-0.39, 0.29) is 11.4 Å². The van der Waals surface area contributed by atoms with E-state index in [0.29, 0.717) is 25.4 Å². The zero-order valence-electron chi connectivity index (χ0n) is 13.2. The van der Waals surface area contributed by atoms with E-state index in [4.69, 9.17) is 9.84 Å². The minimum Gasteiger partial charge on any atom is -0.478 e. The quantitative estimate of drug-likeness (QED) is 0.882. The third-order valence-electron chi connectivity index (χ3n) is 3.96. The largest absolute Gasteiger partial charge is 0.478 e.